The van der Waals surface area contributed by atoms with E-state index in [0.717, 1.165) is 0 Å². The Hall–Kier alpha value is -1.40. The van der Waals surface area contributed by atoms with Crippen LogP contribution in [0.2, 0.25) is 5.02 Å². The Kier molecular flexibility index (Phi) is 6.04. The number of fused-ring (bicyclic) bond motifs is 1. The van der Waals surface area contributed by atoms with Crippen molar-refractivity contribution in [3.8, 4) is 5.88 Å². The van der Waals surface area contributed by atoms with E-state index >= 15 is 0 Å². The van der Waals surface area contributed by atoms with Crippen molar-refractivity contribution in [3.05, 3.63) is 33.6 Å². The molecule has 7 nitrogen and oxygen atoms in total. The van der Waals surface area contributed by atoms with Crippen molar-refractivity contribution >= 4 is 30.5 Å². The minimum absolute atomic E-state index is 0.106. The monoisotopic (exact) mass is 374 g/mol. The molecule has 0 radical (unpaired) electrons. The fourth-order valence-corrected chi connectivity index (χ4v) is 3.66. The lowest BCUT2D eigenvalue weighted by Gasteiger charge is -2.19. The number of aromatic nitrogens is 2. The number of phosphoric ester groups is 1. The molecule has 1 aromatic carbocycles. The van der Waals surface area contributed by atoms with Crippen LogP contribution >= 0.6 is 19.4 Å². The van der Waals surface area contributed by atoms with Gasteiger partial charge in [0.05, 0.1) is 29.3 Å². The van der Waals surface area contributed by atoms with Gasteiger partial charge in [-0.2, -0.15) is 0 Å². The Bertz CT molecular complexity index is 826. The average Bonchev–Trinajstić information content (AvgIpc) is 2.49. The molecule has 1 aromatic heterocycles. The van der Waals surface area contributed by atoms with E-state index in [0.29, 0.717) is 16.1 Å². The largest absolute Gasteiger partial charge is 0.531 e. The molecule has 0 aliphatic heterocycles. The summed E-state index contributed by atoms with van der Waals surface area (Å²) in [6.45, 7) is 7.17. The maximum Gasteiger partial charge on any atom is 0.531 e. The van der Waals surface area contributed by atoms with Crippen LogP contribution in [0, 0.1) is 0 Å². The van der Waals surface area contributed by atoms with E-state index in [1.165, 1.54) is 4.57 Å². The molecule has 9 heteroatoms. The Balaban J connectivity index is 2.66. The molecule has 0 bridgehead atoms. The quantitative estimate of drug-likeness (QED) is 0.676. The highest BCUT2D eigenvalue weighted by molar-refractivity contribution is 7.48. The van der Waals surface area contributed by atoms with Gasteiger partial charge < -0.3 is 4.52 Å². The third kappa shape index (κ3) is 3.81. The van der Waals surface area contributed by atoms with Crippen LogP contribution in [-0.2, 0) is 13.6 Å². The van der Waals surface area contributed by atoms with Gasteiger partial charge in [-0.05, 0) is 39.8 Å². The van der Waals surface area contributed by atoms with Crippen molar-refractivity contribution in [1.29, 1.82) is 0 Å². The first-order valence-electron chi connectivity index (χ1n) is 7.62. The fraction of sp³-hybridized carbons (Fsp3) is 0.467. The lowest BCUT2D eigenvalue weighted by Crippen LogP contribution is -2.25. The van der Waals surface area contributed by atoms with Gasteiger partial charge in [0.25, 0.3) is 5.88 Å². The van der Waals surface area contributed by atoms with Gasteiger partial charge in [-0.1, -0.05) is 17.7 Å². The van der Waals surface area contributed by atoms with Crippen LogP contribution in [0.5, 0.6) is 5.88 Å². The Morgan fingerprint density at radius 1 is 1.25 bits per heavy atom. The van der Waals surface area contributed by atoms with Crippen LogP contribution in [0.3, 0.4) is 0 Å². The maximum atomic E-state index is 12.7. The van der Waals surface area contributed by atoms with Crippen molar-refractivity contribution in [2.75, 3.05) is 13.2 Å². The summed E-state index contributed by atoms with van der Waals surface area (Å²) in [6, 6.07) is 4.87. The topological polar surface area (TPSA) is 79.7 Å². The third-order valence-corrected chi connectivity index (χ3v) is 4.97. The molecule has 2 rings (SSSR count). The number of para-hydroxylation sites is 1. The third-order valence-electron chi connectivity index (χ3n) is 3.12. The zero-order valence-corrected chi connectivity index (χ0v) is 15.6. The first-order valence-corrected chi connectivity index (χ1v) is 9.46. The second-order valence-electron chi connectivity index (χ2n) is 5.17. The molecule has 0 fully saturated rings. The molecular weight excluding hydrogens is 355 g/mol. The van der Waals surface area contributed by atoms with Gasteiger partial charge in [0.1, 0.15) is 0 Å². The molecule has 1 heterocycles. The predicted molar refractivity (Wildman–Crippen MR) is 92.9 cm³/mol. The van der Waals surface area contributed by atoms with E-state index in [4.69, 9.17) is 25.2 Å². The average molecular weight is 375 g/mol. The molecule has 0 unspecified atom stereocenters. The summed E-state index contributed by atoms with van der Waals surface area (Å²) in [5.74, 6) is -0.344. The molecule has 132 valence electrons. The lowest BCUT2D eigenvalue weighted by molar-refractivity contribution is 0.165. The summed E-state index contributed by atoms with van der Waals surface area (Å²) in [6.07, 6.45) is 0. The van der Waals surface area contributed by atoms with E-state index in [-0.39, 0.29) is 25.1 Å². The number of hydrogen-bond donors (Lipinski definition) is 0. The number of nitrogens with zero attached hydrogens (tertiary/aromatic N) is 2. The van der Waals surface area contributed by atoms with Gasteiger partial charge in [0.2, 0.25) is 0 Å². The van der Waals surface area contributed by atoms with Gasteiger partial charge in [0.15, 0.2) is 0 Å². The summed E-state index contributed by atoms with van der Waals surface area (Å²) in [4.78, 5) is 16.9. The molecule has 2 aromatic rings. The first-order chi connectivity index (χ1) is 11.3. The predicted octanol–water partition coefficient (Wildman–Crippen LogP) is 4.19. The zero-order valence-electron chi connectivity index (χ0n) is 14.0. The zero-order chi connectivity index (χ0) is 17.9. The minimum Gasteiger partial charge on any atom is -0.379 e. The van der Waals surface area contributed by atoms with Gasteiger partial charge in [-0.25, -0.2) is 9.55 Å². The van der Waals surface area contributed by atoms with Gasteiger partial charge in [0, 0.05) is 6.04 Å². The first kappa shape index (κ1) is 18.9. The van der Waals surface area contributed by atoms with E-state index in [9.17, 15) is 9.36 Å². The molecule has 0 saturated heterocycles. The molecule has 0 atom stereocenters. The number of rotatable bonds is 7. The molecule has 24 heavy (non-hydrogen) atoms. The van der Waals surface area contributed by atoms with E-state index < -0.39 is 13.4 Å². The van der Waals surface area contributed by atoms with Crippen LogP contribution in [0.25, 0.3) is 11.0 Å². The van der Waals surface area contributed by atoms with Crippen molar-refractivity contribution in [1.82, 2.24) is 9.55 Å². The summed E-state index contributed by atoms with van der Waals surface area (Å²) in [5, 5.41) is 0.398. The van der Waals surface area contributed by atoms with Crippen LogP contribution < -0.4 is 10.1 Å². The molecule has 0 amide bonds. The SMILES string of the molecule is CCOP(=O)(OCC)Oc1nc2cccc(Cl)c2n(C(C)C)c1=O. The highest BCUT2D eigenvalue weighted by Crippen LogP contribution is 2.48. The summed E-state index contributed by atoms with van der Waals surface area (Å²) < 4.78 is 29.4. The van der Waals surface area contributed by atoms with Gasteiger partial charge in [-0.15, -0.1) is 0 Å². The summed E-state index contributed by atoms with van der Waals surface area (Å²) in [5.41, 5.74) is 0.393. The second kappa shape index (κ2) is 7.66. The van der Waals surface area contributed by atoms with Crippen LogP contribution in [0.1, 0.15) is 33.7 Å². The minimum atomic E-state index is -3.92. The van der Waals surface area contributed by atoms with E-state index in [2.05, 4.69) is 4.98 Å². The van der Waals surface area contributed by atoms with Gasteiger partial charge in [-0.3, -0.25) is 18.4 Å². The van der Waals surface area contributed by atoms with Crippen LogP contribution in [0.15, 0.2) is 23.0 Å². The van der Waals surface area contributed by atoms with Crippen molar-refractivity contribution in [2.45, 2.75) is 33.7 Å². The van der Waals surface area contributed by atoms with Crippen molar-refractivity contribution in [3.63, 3.8) is 0 Å². The van der Waals surface area contributed by atoms with Crippen LogP contribution in [0.4, 0.5) is 0 Å². The smallest absolute Gasteiger partial charge is 0.379 e. The lowest BCUT2D eigenvalue weighted by atomic mass is 10.2. The highest BCUT2D eigenvalue weighted by atomic mass is 35.5. The second-order valence-corrected chi connectivity index (χ2v) is 7.17. The van der Waals surface area contributed by atoms with Crippen molar-refractivity contribution < 1.29 is 18.1 Å². The Morgan fingerprint density at radius 3 is 2.42 bits per heavy atom. The normalized spacial score (nSPS) is 12.1. The molecule has 0 N–H and O–H groups in total. The molecule has 0 spiro atoms. The van der Waals surface area contributed by atoms with E-state index in [1.807, 2.05) is 13.8 Å². The summed E-state index contributed by atoms with van der Waals surface area (Å²) in [7, 11) is -3.92. The Labute approximate surface area is 145 Å². The Morgan fingerprint density at radius 2 is 1.88 bits per heavy atom. The van der Waals surface area contributed by atoms with Crippen molar-refractivity contribution in [2.24, 2.45) is 0 Å². The number of hydrogen-bond acceptors (Lipinski definition) is 6. The number of halogens is 1. The highest BCUT2D eigenvalue weighted by Gasteiger charge is 2.30. The molecule has 0 saturated carbocycles. The number of benzene rings is 1. The molecule has 0 aliphatic rings. The maximum absolute atomic E-state index is 12.7. The fourth-order valence-electron chi connectivity index (χ4n) is 2.26. The summed E-state index contributed by atoms with van der Waals surface area (Å²) >= 11 is 6.22. The van der Waals surface area contributed by atoms with Gasteiger partial charge >= 0.3 is 13.4 Å². The molecule has 0 aliphatic carbocycles. The van der Waals surface area contributed by atoms with E-state index in [1.54, 1.807) is 32.0 Å². The van der Waals surface area contributed by atoms with Crippen LogP contribution in [-0.4, -0.2) is 22.8 Å². The number of phosphoric acid groups is 1. The molecular formula is C15H20ClN2O5P. The standard InChI is InChI=1S/C15H20ClN2O5P/c1-5-21-24(20,22-6-2)23-14-15(19)18(10(3)4)13-11(16)8-7-9-12(13)17-14/h7-10H,5-6H2,1-4H3.